The van der Waals surface area contributed by atoms with Crippen molar-refractivity contribution < 1.29 is 14.7 Å². The van der Waals surface area contributed by atoms with E-state index in [1.165, 1.54) is 6.33 Å². The molecule has 7 heteroatoms. The van der Waals surface area contributed by atoms with Gasteiger partial charge in [0, 0.05) is 6.20 Å². The smallest absolute Gasteiger partial charge is 0.315 e. The number of carbonyl (C=O) groups is 2. The monoisotopic (exact) mass is 278 g/mol. The van der Waals surface area contributed by atoms with Crippen molar-refractivity contribution in [1.82, 2.24) is 20.6 Å². The lowest BCUT2D eigenvalue weighted by Gasteiger charge is -2.28. The number of urea groups is 1. The molecule has 1 aliphatic carbocycles. The lowest BCUT2D eigenvalue weighted by Crippen LogP contribution is -2.51. The Bertz CT molecular complexity index is 472. The van der Waals surface area contributed by atoms with Gasteiger partial charge in [0.25, 0.3) is 0 Å². The third-order valence-electron chi connectivity index (χ3n) is 3.50. The van der Waals surface area contributed by atoms with Crippen LogP contribution in [-0.4, -0.2) is 32.6 Å². The summed E-state index contributed by atoms with van der Waals surface area (Å²) < 4.78 is 0. The second-order valence-electron chi connectivity index (χ2n) is 5.07. The zero-order valence-corrected chi connectivity index (χ0v) is 11.1. The Balaban J connectivity index is 1.87. The van der Waals surface area contributed by atoms with Gasteiger partial charge in [-0.2, -0.15) is 0 Å². The van der Waals surface area contributed by atoms with E-state index in [4.69, 9.17) is 5.11 Å². The number of rotatable bonds is 5. The Labute approximate surface area is 116 Å². The van der Waals surface area contributed by atoms with E-state index in [1.54, 1.807) is 12.3 Å². The highest BCUT2D eigenvalue weighted by molar-refractivity contribution is 5.76. The second kappa shape index (κ2) is 6.31. The van der Waals surface area contributed by atoms with Crippen LogP contribution >= 0.6 is 0 Å². The summed E-state index contributed by atoms with van der Waals surface area (Å²) in [6, 6.07) is 1.36. The SMILES string of the molecule is O=C(O)CC1(NC(=O)NCc2ccncn2)CCCC1. The minimum Gasteiger partial charge on any atom is -0.481 e. The maximum atomic E-state index is 11.9. The average Bonchev–Trinajstić information content (AvgIpc) is 2.85. The van der Waals surface area contributed by atoms with Gasteiger partial charge in [-0.25, -0.2) is 14.8 Å². The molecule has 7 nitrogen and oxygen atoms in total. The van der Waals surface area contributed by atoms with Crippen LogP contribution in [0.5, 0.6) is 0 Å². The minimum atomic E-state index is -0.886. The quantitative estimate of drug-likeness (QED) is 0.747. The van der Waals surface area contributed by atoms with E-state index in [9.17, 15) is 9.59 Å². The molecule has 0 aromatic carbocycles. The molecule has 1 fully saturated rings. The second-order valence-corrected chi connectivity index (χ2v) is 5.07. The van der Waals surface area contributed by atoms with Gasteiger partial charge in [0.05, 0.1) is 24.2 Å². The van der Waals surface area contributed by atoms with Crippen LogP contribution in [0, 0.1) is 0 Å². The maximum Gasteiger partial charge on any atom is 0.315 e. The third kappa shape index (κ3) is 3.91. The molecule has 0 spiro atoms. The van der Waals surface area contributed by atoms with Crippen molar-refractivity contribution in [2.75, 3.05) is 0 Å². The van der Waals surface area contributed by atoms with Crippen molar-refractivity contribution in [3.8, 4) is 0 Å². The molecule has 0 unspecified atom stereocenters. The van der Waals surface area contributed by atoms with Gasteiger partial charge in [0.2, 0.25) is 0 Å². The van der Waals surface area contributed by atoms with Gasteiger partial charge >= 0.3 is 12.0 Å². The van der Waals surface area contributed by atoms with Crippen molar-refractivity contribution in [1.29, 1.82) is 0 Å². The number of hydrogen-bond acceptors (Lipinski definition) is 4. The highest BCUT2D eigenvalue weighted by atomic mass is 16.4. The summed E-state index contributed by atoms with van der Waals surface area (Å²) in [5.41, 5.74) is 0.0931. The van der Waals surface area contributed by atoms with Crippen LogP contribution < -0.4 is 10.6 Å². The summed E-state index contributed by atoms with van der Waals surface area (Å²) in [5.74, 6) is -0.886. The molecule has 2 amide bonds. The first-order valence-corrected chi connectivity index (χ1v) is 6.62. The van der Waals surface area contributed by atoms with Crippen LogP contribution in [0.4, 0.5) is 4.79 Å². The molecule has 3 N–H and O–H groups in total. The average molecular weight is 278 g/mol. The largest absolute Gasteiger partial charge is 0.481 e. The number of amides is 2. The molecule has 0 radical (unpaired) electrons. The van der Waals surface area contributed by atoms with Gasteiger partial charge in [-0.1, -0.05) is 12.8 Å². The van der Waals surface area contributed by atoms with Gasteiger partial charge in [-0.05, 0) is 18.9 Å². The standard InChI is InChI=1S/C13H18N4O3/c18-11(19)7-13(4-1-2-5-13)17-12(20)15-8-10-3-6-14-9-16-10/h3,6,9H,1-2,4-5,7-8H2,(H,18,19)(H2,15,17,20). The number of carboxylic acid groups (broad SMARTS) is 1. The molecule has 0 saturated heterocycles. The minimum absolute atomic E-state index is 0.0338. The Morgan fingerprint density at radius 1 is 1.35 bits per heavy atom. The van der Waals surface area contributed by atoms with Crippen LogP contribution in [0.15, 0.2) is 18.6 Å². The number of nitrogens with zero attached hydrogens (tertiary/aromatic N) is 2. The third-order valence-corrected chi connectivity index (χ3v) is 3.50. The van der Waals surface area contributed by atoms with Crippen LogP contribution in [0.25, 0.3) is 0 Å². The summed E-state index contributed by atoms with van der Waals surface area (Å²) in [5, 5.41) is 14.5. The van der Waals surface area contributed by atoms with E-state index >= 15 is 0 Å². The molecular weight excluding hydrogens is 260 g/mol. The molecule has 108 valence electrons. The van der Waals surface area contributed by atoms with E-state index in [1.807, 2.05) is 0 Å². The molecule has 0 bridgehead atoms. The summed E-state index contributed by atoms with van der Waals surface area (Å²) in [7, 11) is 0. The van der Waals surface area contributed by atoms with Crippen LogP contribution in [0.2, 0.25) is 0 Å². The Kier molecular flexibility index (Phi) is 4.49. The molecule has 1 aliphatic rings. The van der Waals surface area contributed by atoms with E-state index < -0.39 is 11.5 Å². The molecule has 0 aliphatic heterocycles. The number of nitrogens with one attached hydrogen (secondary N) is 2. The summed E-state index contributed by atoms with van der Waals surface area (Å²) in [6.07, 6.45) is 6.29. The number of carboxylic acids is 1. The number of aromatic nitrogens is 2. The fraction of sp³-hybridized carbons (Fsp3) is 0.538. The van der Waals surface area contributed by atoms with Crippen LogP contribution in [0.3, 0.4) is 0 Å². The van der Waals surface area contributed by atoms with E-state index in [-0.39, 0.29) is 19.0 Å². The topological polar surface area (TPSA) is 104 Å². The zero-order chi connectivity index (χ0) is 14.4. The van der Waals surface area contributed by atoms with Gasteiger partial charge < -0.3 is 15.7 Å². The zero-order valence-electron chi connectivity index (χ0n) is 11.1. The van der Waals surface area contributed by atoms with Crippen LogP contribution in [0.1, 0.15) is 37.8 Å². The van der Waals surface area contributed by atoms with Gasteiger partial charge in [0.1, 0.15) is 6.33 Å². The lowest BCUT2D eigenvalue weighted by atomic mass is 9.93. The molecule has 1 heterocycles. The van der Waals surface area contributed by atoms with E-state index in [2.05, 4.69) is 20.6 Å². The number of hydrogen-bond donors (Lipinski definition) is 3. The molecule has 1 aromatic heterocycles. The Hall–Kier alpha value is -2.18. The molecule has 1 aromatic rings. The van der Waals surface area contributed by atoms with Crippen molar-refractivity contribution >= 4 is 12.0 Å². The van der Waals surface area contributed by atoms with Gasteiger partial charge in [0.15, 0.2) is 0 Å². The molecule has 1 saturated carbocycles. The van der Waals surface area contributed by atoms with Crippen LogP contribution in [-0.2, 0) is 11.3 Å². The van der Waals surface area contributed by atoms with Crippen molar-refractivity contribution in [2.24, 2.45) is 0 Å². The van der Waals surface area contributed by atoms with E-state index in [0.29, 0.717) is 18.5 Å². The predicted octanol–water partition coefficient (Wildman–Crippen LogP) is 1.06. The van der Waals surface area contributed by atoms with Crippen molar-refractivity contribution in [2.45, 2.75) is 44.2 Å². The molecular formula is C13H18N4O3. The number of aliphatic carboxylic acids is 1. The predicted molar refractivity (Wildman–Crippen MR) is 70.9 cm³/mol. The highest BCUT2D eigenvalue weighted by Gasteiger charge is 2.37. The fourth-order valence-corrected chi connectivity index (χ4v) is 2.57. The highest BCUT2D eigenvalue weighted by Crippen LogP contribution is 2.32. The van der Waals surface area contributed by atoms with E-state index in [0.717, 1.165) is 12.8 Å². The van der Waals surface area contributed by atoms with Gasteiger partial charge in [-0.3, -0.25) is 4.79 Å². The van der Waals surface area contributed by atoms with Gasteiger partial charge in [-0.15, -0.1) is 0 Å². The maximum absolute atomic E-state index is 11.9. The number of carbonyl (C=O) groups excluding carboxylic acids is 1. The first-order valence-electron chi connectivity index (χ1n) is 6.62. The summed E-state index contributed by atoms with van der Waals surface area (Å²) in [6.45, 7) is 0.289. The fourth-order valence-electron chi connectivity index (χ4n) is 2.57. The van der Waals surface area contributed by atoms with Crippen molar-refractivity contribution in [3.05, 3.63) is 24.3 Å². The summed E-state index contributed by atoms with van der Waals surface area (Å²) in [4.78, 5) is 30.6. The molecule has 20 heavy (non-hydrogen) atoms. The Morgan fingerprint density at radius 3 is 2.70 bits per heavy atom. The normalized spacial score (nSPS) is 16.6. The lowest BCUT2D eigenvalue weighted by molar-refractivity contribution is -0.138. The first kappa shape index (κ1) is 14.2. The van der Waals surface area contributed by atoms with Crippen molar-refractivity contribution in [3.63, 3.8) is 0 Å². The molecule has 0 atom stereocenters. The Morgan fingerprint density at radius 2 is 2.10 bits per heavy atom. The molecule has 2 rings (SSSR count). The summed E-state index contributed by atoms with van der Waals surface area (Å²) >= 11 is 0. The first-order chi connectivity index (χ1) is 9.60.